The van der Waals surface area contributed by atoms with Crippen LogP contribution in [0.3, 0.4) is 0 Å². The minimum Gasteiger partial charge on any atom is -0.389 e. The predicted octanol–water partition coefficient (Wildman–Crippen LogP) is 2.31. The molecule has 1 aliphatic heterocycles. The fourth-order valence-electron chi connectivity index (χ4n) is 2.36. The molecule has 1 aromatic carbocycles. The van der Waals surface area contributed by atoms with E-state index in [0.29, 0.717) is 0 Å². The Labute approximate surface area is 113 Å². The van der Waals surface area contributed by atoms with Gasteiger partial charge >= 0.3 is 0 Å². The van der Waals surface area contributed by atoms with Gasteiger partial charge in [0.2, 0.25) is 0 Å². The van der Waals surface area contributed by atoms with Crippen LogP contribution in [0.25, 0.3) is 0 Å². The van der Waals surface area contributed by atoms with E-state index < -0.39 is 12.2 Å². The van der Waals surface area contributed by atoms with E-state index in [1.807, 2.05) is 18.2 Å². The summed E-state index contributed by atoms with van der Waals surface area (Å²) < 4.78 is 0. The van der Waals surface area contributed by atoms with Gasteiger partial charge in [-0.05, 0) is 37.0 Å². The number of halogens is 1. The van der Waals surface area contributed by atoms with Crippen molar-refractivity contribution in [2.45, 2.75) is 31.5 Å². The van der Waals surface area contributed by atoms with Gasteiger partial charge in [0.1, 0.15) is 6.10 Å². The lowest BCUT2D eigenvalue weighted by molar-refractivity contribution is 0.0327. The first kappa shape index (κ1) is 13.7. The van der Waals surface area contributed by atoms with Crippen molar-refractivity contribution in [3.05, 3.63) is 29.8 Å². The number of aliphatic hydroxyl groups excluding tert-OH is 2. The zero-order valence-electron chi connectivity index (χ0n) is 10.4. The predicted molar refractivity (Wildman–Crippen MR) is 74.2 cm³/mol. The van der Waals surface area contributed by atoms with E-state index in [-0.39, 0.29) is 5.88 Å². The normalized spacial score (nSPS) is 19.6. The van der Waals surface area contributed by atoms with Gasteiger partial charge in [0.25, 0.3) is 0 Å². The van der Waals surface area contributed by atoms with E-state index in [4.69, 9.17) is 11.6 Å². The molecule has 0 radical (unpaired) electrons. The quantitative estimate of drug-likeness (QED) is 0.825. The number of rotatable bonds is 4. The molecule has 1 heterocycles. The number of anilines is 1. The summed E-state index contributed by atoms with van der Waals surface area (Å²) >= 11 is 5.56. The maximum atomic E-state index is 9.96. The van der Waals surface area contributed by atoms with Crippen molar-refractivity contribution in [3.63, 3.8) is 0 Å². The molecular weight excluding hydrogens is 250 g/mol. The molecule has 3 nitrogen and oxygen atoms in total. The maximum absolute atomic E-state index is 9.96. The smallest absolute Gasteiger partial charge is 0.106 e. The first-order valence-corrected chi connectivity index (χ1v) is 7.03. The molecule has 2 unspecified atom stereocenters. The van der Waals surface area contributed by atoms with E-state index in [9.17, 15) is 10.2 Å². The van der Waals surface area contributed by atoms with E-state index in [0.717, 1.165) is 24.3 Å². The average Bonchev–Trinajstić information content (AvgIpc) is 2.46. The highest BCUT2D eigenvalue weighted by atomic mass is 35.5. The first-order valence-electron chi connectivity index (χ1n) is 6.49. The van der Waals surface area contributed by atoms with E-state index in [1.165, 1.54) is 19.3 Å². The van der Waals surface area contributed by atoms with Gasteiger partial charge in [0.05, 0.1) is 12.0 Å². The van der Waals surface area contributed by atoms with Gasteiger partial charge in [0.15, 0.2) is 0 Å². The van der Waals surface area contributed by atoms with Crippen LogP contribution in [0.5, 0.6) is 0 Å². The fraction of sp³-hybridized carbons (Fsp3) is 0.571. The zero-order chi connectivity index (χ0) is 13.0. The maximum Gasteiger partial charge on any atom is 0.106 e. The van der Waals surface area contributed by atoms with Crippen molar-refractivity contribution in [1.29, 1.82) is 0 Å². The molecule has 0 amide bonds. The van der Waals surface area contributed by atoms with Gasteiger partial charge in [-0.15, -0.1) is 11.6 Å². The van der Waals surface area contributed by atoms with Gasteiger partial charge in [-0.2, -0.15) is 0 Å². The Morgan fingerprint density at radius 3 is 2.56 bits per heavy atom. The third kappa shape index (κ3) is 3.16. The number of hydrogen-bond donors (Lipinski definition) is 2. The second-order valence-electron chi connectivity index (χ2n) is 4.81. The van der Waals surface area contributed by atoms with Crippen LogP contribution in [0, 0.1) is 0 Å². The molecule has 18 heavy (non-hydrogen) atoms. The largest absolute Gasteiger partial charge is 0.389 e. The third-order valence-electron chi connectivity index (χ3n) is 3.46. The summed E-state index contributed by atoms with van der Waals surface area (Å²) in [5.41, 5.74) is 1.85. The molecule has 0 aliphatic carbocycles. The van der Waals surface area contributed by atoms with Crippen LogP contribution in [0.4, 0.5) is 5.69 Å². The van der Waals surface area contributed by atoms with Crippen molar-refractivity contribution < 1.29 is 10.2 Å². The van der Waals surface area contributed by atoms with Gasteiger partial charge < -0.3 is 15.1 Å². The third-order valence-corrected chi connectivity index (χ3v) is 3.77. The molecule has 1 saturated heterocycles. The summed E-state index contributed by atoms with van der Waals surface area (Å²) in [6.45, 7) is 2.13. The Bertz CT molecular complexity index is 363. The molecule has 2 atom stereocenters. The standard InChI is InChI=1S/C14H20ClNO2/c15-10-13(17)14(18)11-5-4-6-12(9-11)16-7-2-1-3-8-16/h4-6,9,13-14,17-18H,1-3,7-8,10H2. The zero-order valence-corrected chi connectivity index (χ0v) is 11.2. The van der Waals surface area contributed by atoms with Gasteiger partial charge in [-0.1, -0.05) is 12.1 Å². The minimum atomic E-state index is -0.914. The number of piperidine rings is 1. The van der Waals surface area contributed by atoms with Crippen LogP contribution in [0.2, 0.25) is 0 Å². The Hall–Kier alpha value is -0.770. The fourth-order valence-corrected chi connectivity index (χ4v) is 2.53. The van der Waals surface area contributed by atoms with Crippen molar-refractivity contribution in [3.8, 4) is 0 Å². The SMILES string of the molecule is OC(CCl)C(O)c1cccc(N2CCCCC2)c1. The Balaban J connectivity index is 2.13. The van der Waals surface area contributed by atoms with Crippen LogP contribution in [-0.2, 0) is 0 Å². The van der Waals surface area contributed by atoms with Gasteiger partial charge in [-0.25, -0.2) is 0 Å². The van der Waals surface area contributed by atoms with Crippen LogP contribution in [0.1, 0.15) is 30.9 Å². The summed E-state index contributed by atoms with van der Waals surface area (Å²) in [7, 11) is 0. The van der Waals surface area contributed by atoms with Crippen LogP contribution >= 0.6 is 11.6 Å². The lowest BCUT2D eigenvalue weighted by atomic mass is 10.0. The van der Waals surface area contributed by atoms with Gasteiger partial charge in [0, 0.05) is 18.8 Å². The monoisotopic (exact) mass is 269 g/mol. The van der Waals surface area contributed by atoms with E-state index >= 15 is 0 Å². The van der Waals surface area contributed by atoms with E-state index in [2.05, 4.69) is 11.0 Å². The molecule has 1 aliphatic rings. The molecule has 0 saturated carbocycles. The molecule has 2 N–H and O–H groups in total. The highest BCUT2D eigenvalue weighted by molar-refractivity contribution is 6.18. The minimum absolute atomic E-state index is 0.0368. The Morgan fingerprint density at radius 2 is 1.89 bits per heavy atom. The lowest BCUT2D eigenvalue weighted by Crippen LogP contribution is -2.29. The Morgan fingerprint density at radius 1 is 1.17 bits per heavy atom. The number of nitrogens with zero attached hydrogens (tertiary/aromatic N) is 1. The summed E-state index contributed by atoms with van der Waals surface area (Å²) in [4.78, 5) is 2.33. The summed E-state index contributed by atoms with van der Waals surface area (Å²) in [6.07, 6.45) is 1.91. The molecule has 2 rings (SSSR count). The number of aliphatic hydroxyl groups is 2. The molecular formula is C14H20ClNO2. The first-order chi connectivity index (χ1) is 8.72. The van der Waals surface area contributed by atoms with Crippen molar-refractivity contribution in [2.24, 2.45) is 0 Å². The van der Waals surface area contributed by atoms with Crippen molar-refractivity contribution in [1.82, 2.24) is 0 Å². The highest BCUT2D eigenvalue weighted by Crippen LogP contribution is 2.25. The lowest BCUT2D eigenvalue weighted by Gasteiger charge is -2.29. The second-order valence-corrected chi connectivity index (χ2v) is 5.12. The molecule has 1 aromatic rings. The number of benzene rings is 1. The van der Waals surface area contributed by atoms with Gasteiger partial charge in [-0.3, -0.25) is 0 Å². The van der Waals surface area contributed by atoms with Crippen molar-refractivity contribution >= 4 is 17.3 Å². The van der Waals surface area contributed by atoms with Crippen molar-refractivity contribution in [2.75, 3.05) is 23.9 Å². The molecule has 0 aromatic heterocycles. The number of alkyl halides is 1. The summed E-state index contributed by atoms with van der Waals surface area (Å²) in [5.74, 6) is 0.0368. The highest BCUT2D eigenvalue weighted by Gasteiger charge is 2.18. The number of hydrogen-bond acceptors (Lipinski definition) is 3. The molecule has 1 fully saturated rings. The van der Waals surface area contributed by atoms with Crippen LogP contribution in [0.15, 0.2) is 24.3 Å². The van der Waals surface area contributed by atoms with E-state index in [1.54, 1.807) is 0 Å². The van der Waals surface area contributed by atoms with Crippen LogP contribution < -0.4 is 4.90 Å². The average molecular weight is 270 g/mol. The molecule has 0 spiro atoms. The summed E-state index contributed by atoms with van der Waals surface area (Å²) in [6, 6.07) is 7.75. The molecule has 4 heteroatoms. The summed E-state index contributed by atoms with van der Waals surface area (Å²) in [5, 5.41) is 19.5. The Kier molecular flexibility index (Phi) is 4.87. The second kappa shape index (κ2) is 6.41. The topological polar surface area (TPSA) is 43.7 Å². The molecule has 0 bridgehead atoms. The molecule has 100 valence electrons. The van der Waals surface area contributed by atoms with Crippen LogP contribution in [-0.4, -0.2) is 35.3 Å².